The summed E-state index contributed by atoms with van der Waals surface area (Å²) in [6.45, 7) is 0.162. The van der Waals surface area contributed by atoms with Crippen molar-refractivity contribution in [1.29, 1.82) is 0 Å². The second-order valence-electron chi connectivity index (χ2n) is 6.25. The van der Waals surface area contributed by atoms with Gasteiger partial charge in [0.2, 0.25) is 10.0 Å². The molecule has 2 aromatic carbocycles. The molecule has 1 saturated heterocycles. The van der Waals surface area contributed by atoms with Crippen molar-refractivity contribution in [3.8, 4) is 11.5 Å². The highest BCUT2D eigenvalue weighted by molar-refractivity contribution is 7.89. The molecule has 0 aliphatic carbocycles. The third-order valence-electron chi connectivity index (χ3n) is 4.71. The van der Waals surface area contributed by atoms with Crippen LogP contribution in [-0.4, -0.2) is 38.4 Å². The van der Waals surface area contributed by atoms with Crippen LogP contribution in [0.15, 0.2) is 41.3 Å². The highest BCUT2D eigenvalue weighted by atomic mass is 32.2. The number of ether oxygens (including phenoxy) is 2. The van der Waals surface area contributed by atoms with Crippen LogP contribution in [0.1, 0.15) is 24.4 Å². The molecule has 0 unspecified atom stereocenters. The summed E-state index contributed by atoms with van der Waals surface area (Å²) in [6, 6.07) is 6.92. The van der Waals surface area contributed by atoms with Gasteiger partial charge in [-0.15, -0.1) is 0 Å². The van der Waals surface area contributed by atoms with E-state index >= 15 is 0 Å². The van der Waals surface area contributed by atoms with Crippen LogP contribution in [0.5, 0.6) is 11.5 Å². The summed E-state index contributed by atoms with van der Waals surface area (Å²) >= 11 is 0. The van der Waals surface area contributed by atoms with Crippen LogP contribution in [0.3, 0.4) is 0 Å². The van der Waals surface area contributed by atoms with Crippen molar-refractivity contribution in [1.82, 2.24) is 4.31 Å². The number of nitro groups is 1. The number of rotatable bonds is 6. The molecule has 10 heteroatoms. The molecule has 0 saturated carbocycles. The lowest BCUT2D eigenvalue weighted by Gasteiger charge is -2.26. The first-order valence-electron chi connectivity index (χ1n) is 8.47. The summed E-state index contributed by atoms with van der Waals surface area (Å²) in [6.07, 6.45) is 1.06. The number of hydrogen-bond donors (Lipinski definition) is 0. The first-order chi connectivity index (χ1) is 13.3. The third-order valence-corrected chi connectivity index (χ3v) is 6.63. The summed E-state index contributed by atoms with van der Waals surface area (Å²) < 4.78 is 52.4. The predicted molar refractivity (Wildman–Crippen MR) is 98.5 cm³/mol. The number of non-ortho nitro benzene ring substituents is 1. The molecule has 0 N–H and O–H groups in total. The van der Waals surface area contributed by atoms with E-state index in [0.29, 0.717) is 29.9 Å². The second-order valence-corrected chi connectivity index (χ2v) is 8.11. The van der Waals surface area contributed by atoms with Crippen molar-refractivity contribution < 1.29 is 27.2 Å². The SMILES string of the molecule is COc1ccc(OC)c([C@H]2CCCN2S(=O)(=O)c2cc([N+](=O)[O-])ccc2F)c1. The Hall–Kier alpha value is -2.72. The van der Waals surface area contributed by atoms with Crippen LogP contribution < -0.4 is 9.47 Å². The van der Waals surface area contributed by atoms with Crippen molar-refractivity contribution in [3.05, 3.63) is 57.9 Å². The average molecular weight is 410 g/mol. The van der Waals surface area contributed by atoms with Gasteiger partial charge in [0, 0.05) is 24.2 Å². The molecule has 1 aliphatic rings. The molecule has 1 atom stereocenters. The molecule has 1 heterocycles. The fraction of sp³-hybridized carbons (Fsp3) is 0.333. The van der Waals surface area contributed by atoms with Crippen molar-refractivity contribution in [2.24, 2.45) is 0 Å². The number of sulfonamides is 1. The highest BCUT2D eigenvalue weighted by Crippen LogP contribution is 2.42. The maximum Gasteiger partial charge on any atom is 0.270 e. The van der Waals surface area contributed by atoms with Gasteiger partial charge in [-0.25, -0.2) is 12.8 Å². The van der Waals surface area contributed by atoms with E-state index in [4.69, 9.17) is 9.47 Å². The van der Waals surface area contributed by atoms with Crippen LogP contribution in [0, 0.1) is 15.9 Å². The molecule has 0 amide bonds. The molecule has 8 nitrogen and oxygen atoms in total. The maximum absolute atomic E-state index is 14.3. The van der Waals surface area contributed by atoms with E-state index in [2.05, 4.69) is 0 Å². The number of nitrogens with zero attached hydrogens (tertiary/aromatic N) is 2. The van der Waals surface area contributed by atoms with E-state index in [9.17, 15) is 22.9 Å². The summed E-state index contributed by atoms with van der Waals surface area (Å²) in [4.78, 5) is 9.53. The fourth-order valence-electron chi connectivity index (χ4n) is 3.37. The highest BCUT2D eigenvalue weighted by Gasteiger charge is 2.39. The number of halogens is 1. The fourth-order valence-corrected chi connectivity index (χ4v) is 5.13. The number of nitro benzene ring substituents is 1. The molecular formula is C18H19FN2O6S. The van der Waals surface area contributed by atoms with E-state index in [-0.39, 0.29) is 6.54 Å². The predicted octanol–water partition coefficient (Wildman–Crippen LogP) is 3.28. The molecule has 2 aromatic rings. The van der Waals surface area contributed by atoms with Gasteiger partial charge in [0.25, 0.3) is 5.69 Å². The summed E-state index contributed by atoms with van der Waals surface area (Å²) in [5, 5.41) is 11.0. The molecule has 0 spiro atoms. The molecule has 0 radical (unpaired) electrons. The maximum atomic E-state index is 14.3. The number of benzene rings is 2. The normalized spacial score (nSPS) is 17.5. The van der Waals surface area contributed by atoms with E-state index < -0.39 is 37.4 Å². The topological polar surface area (TPSA) is 99.0 Å². The van der Waals surface area contributed by atoms with Crippen molar-refractivity contribution in [2.45, 2.75) is 23.8 Å². The Morgan fingerprint density at radius 2 is 1.93 bits per heavy atom. The zero-order valence-corrected chi connectivity index (χ0v) is 16.1. The molecule has 28 heavy (non-hydrogen) atoms. The van der Waals surface area contributed by atoms with E-state index in [1.165, 1.54) is 14.2 Å². The monoisotopic (exact) mass is 410 g/mol. The van der Waals surface area contributed by atoms with Gasteiger partial charge in [0.1, 0.15) is 22.2 Å². The number of methoxy groups -OCH3 is 2. The van der Waals surface area contributed by atoms with Crippen molar-refractivity contribution >= 4 is 15.7 Å². The molecule has 0 aromatic heterocycles. The first kappa shape index (κ1) is 20.0. The lowest BCUT2D eigenvalue weighted by atomic mass is 10.0. The molecule has 0 bridgehead atoms. The largest absolute Gasteiger partial charge is 0.497 e. The lowest BCUT2D eigenvalue weighted by molar-refractivity contribution is -0.385. The smallest absolute Gasteiger partial charge is 0.270 e. The van der Waals surface area contributed by atoms with Gasteiger partial charge in [-0.2, -0.15) is 4.31 Å². The minimum atomic E-state index is -4.31. The third kappa shape index (κ3) is 3.52. The Labute approximate surface area is 161 Å². The van der Waals surface area contributed by atoms with Gasteiger partial charge < -0.3 is 9.47 Å². The molecule has 150 valence electrons. The Balaban J connectivity index is 2.08. The Bertz CT molecular complexity index is 1010. The van der Waals surface area contributed by atoms with Crippen LogP contribution >= 0.6 is 0 Å². The second kappa shape index (κ2) is 7.72. The summed E-state index contributed by atoms with van der Waals surface area (Å²) in [7, 11) is -1.34. The Morgan fingerprint density at radius 1 is 1.18 bits per heavy atom. The van der Waals surface area contributed by atoms with Crippen LogP contribution in [0.2, 0.25) is 0 Å². The van der Waals surface area contributed by atoms with Crippen LogP contribution in [-0.2, 0) is 10.0 Å². The zero-order chi connectivity index (χ0) is 20.5. The lowest BCUT2D eigenvalue weighted by Crippen LogP contribution is -2.31. The average Bonchev–Trinajstić information content (AvgIpc) is 3.18. The van der Waals surface area contributed by atoms with E-state index in [1.807, 2.05) is 0 Å². The minimum Gasteiger partial charge on any atom is -0.497 e. The van der Waals surface area contributed by atoms with Gasteiger partial charge >= 0.3 is 0 Å². The Kier molecular flexibility index (Phi) is 5.52. The van der Waals surface area contributed by atoms with Gasteiger partial charge in [-0.05, 0) is 37.1 Å². The Morgan fingerprint density at radius 3 is 2.57 bits per heavy atom. The molecule has 1 fully saturated rings. The molecular weight excluding hydrogens is 391 g/mol. The minimum absolute atomic E-state index is 0.162. The van der Waals surface area contributed by atoms with Gasteiger partial charge in [0.05, 0.1) is 25.2 Å². The van der Waals surface area contributed by atoms with Gasteiger partial charge in [-0.1, -0.05) is 0 Å². The molecule has 1 aliphatic heterocycles. The quantitative estimate of drug-likeness (QED) is 0.535. The van der Waals surface area contributed by atoms with Gasteiger partial charge in [-0.3, -0.25) is 10.1 Å². The van der Waals surface area contributed by atoms with Crippen LogP contribution in [0.4, 0.5) is 10.1 Å². The van der Waals surface area contributed by atoms with Crippen molar-refractivity contribution in [3.63, 3.8) is 0 Å². The summed E-state index contributed by atoms with van der Waals surface area (Å²) in [5.74, 6) is -0.0251. The van der Waals surface area contributed by atoms with E-state index in [0.717, 1.165) is 22.5 Å². The first-order valence-corrected chi connectivity index (χ1v) is 9.91. The van der Waals surface area contributed by atoms with E-state index in [1.54, 1.807) is 18.2 Å². The summed E-state index contributed by atoms with van der Waals surface area (Å²) in [5.41, 5.74) is 0.100. The number of hydrogen-bond acceptors (Lipinski definition) is 6. The van der Waals surface area contributed by atoms with Crippen molar-refractivity contribution in [2.75, 3.05) is 20.8 Å². The van der Waals surface area contributed by atoms with Gasteiger partial charge in [0.15, 0.2) is 0 Å². The zero-order valence-electron chi connectivity index (χ0n) is 15.3. The van der Waals surface area contributed by atoms with Crippen LogP contribution in [0.25, 0.3) is 0 Å². The standard InChI is InChI=1S/C18H19FN2O6S/c1-26-13-6-8-17(27-2)14(11-13)16-4-3-9-20(16)28(24,25)18-10-12(21(22)23)5-7-15(18)19/h5-8,10-11,16H,3-4,9H2,1-2H3/t16-/m1/s1. The molecule has 3 rings (SSSR count).